The van der Waals surface area contributed by atoms with Crippen LogP contribution in [-0.4, -0.2) is 54.4 Å². The molecule has 2 fully saturated rings. The molecule has 2 amide bonds. The Balaban J connectivity index is 1.43. The summed E-state index contributed by atoms with van der Waals surface area (Å²) in [7, 11) is 0. The number of H-pyrrole nitrogens is 1. The number of hydrogen-bond donors (Lipinski definition) is 3. The van der Waals surface area contributed by atoms with Gasteiger partial charge in [0.2, 0.25) is 5.95 Å². The molecule has 24 heavy (non-hydrogen) atoms. The number of aromatic amines is 1. The minimum Gasteiger partial charge on any atom is -0.376 e. The molecule has 132 valence electrons. The molecule has 0 aliphatic carbocycles. The third-order valence-corrected chi connectivity index (χ3v) is 4.50. The van der Waals surface area contributed by atoms with Crippen molar-refractivity contribution >= 4 is 12.0 Å². The molecule has 0 saturated carbocycles. The summed E-state index contributed by atoms with van der Waals surface area (Å²) >= 11 is 0. The fourth-order valence-electron chi connectivity index (χ4n) is 3.20. The van der Waals surface area contributed by atoms with E-state index >= 15 is 0 Å². The zero-order chi connectivity index (χ0) is 16.9. The van der Waals surface area contributed by atoms with Gasteiger partial charge in [-0.15, -0.1) is 0 Å². The first-order valence-corrected chi connectivity index (χ1v) is 8.59. The smallest absolute Gasteiger partial charge is 0.315 e. The summed E-state index contributed by atoms with van der Waals surface area (Å²) in [5.74, 6) is 0.612. The predicted molar refractivity (Wildman–Crippen MR) is 90.3 cm³/mol. The Morgan fingerprint density at radius 2 is 2.21 bits per heavy atom. The molecule has 2 aliphatic heterocycles. The summed E-state index contributed by atoms with van der Waals surface area (Å²) in [6.07, 6.45) is 3.89. The average molecular weight is 335 g/mol. The van der Waals surface area contributed by atoms with Crippen molar-refractivity contribution in [1.82, 2.24) is 20.6 Å². The van der Waals surface area contributed by atoms with E-state index in [0.717, 1.165) is 45.4 Å². The number of hydrogen-bond acceptors (Lipinski definition) is 5. The number of carbonyl (C=O) groups excluding carboxylic acids is 1. The second-order valence-electron chi connectivity index (χ2n) is 6.46. The summed E-state index contributed by atoms with van der Waals surface area (Å²) < 4.78 is 5.49. The van der Waals surface area contributed by atoms with Crippen molar-refractivity contribution in [1.29, 1.82) is 0 Å². The normalized spacial score (nSPS) is 21.7. The van der Waals surface area contributed by atoms with Crippen molar-refractivity contribution in [3.63, 3.8) is 0 Å². The van der Waals surface area contributed by atoms with Crippen LogP contribution in [-0.2, 0) is 4.74 Å². The van der Waals surface area contributed by atoms with Gasteiger partial charge in [-0.3, -0.25) is 9.78 Å². The molecule has 0 bridgehead atoms. The number of aryl methyl sites for hydroxylation is 1. The van der Waals surface area contributed by atoms with Crippen LogP contribution in [0.3, 0.4) is 0 Å². The third kappa shape index (κ3) is 4.47. The molecule has 3 rings (SSSR count). The number of amides is 2. The van der Waals surface area contributed by atoms with Crippen LogP contribution in [0.2, 0.25) is 0 Å². The number of urea groups is 1. The van der Waals surface area contributed by atoms with Crippen LogP contribution in [0, 0.1) is 6.92 Å². The Kier molecular flexibility index (Phi) is 5.34. The van der Waals surface area contributed by atoms with E-state index in [2.05, 4.69) is 25.5 Å². The van der Waals surface area contributed by atoms with Gasteiger partial charge in [0, 0.05) is 44.0 Å². The summed E-state index contributed by atoms with van der Waals surface area (Å²) in [4.78, 5) is 32.7. The van der Waals surface area contributed by atoms with Crippen LogP contribution < -0.4 is 21.1 Å². The number of nitrogens with one attached hydrogen (secondary N) is 3. The van der Waals surface area contributed by atoms with Crippen LogP contribution in [0.4, 0.5) is 10.7 Å². The maximum atomic E-state index is 12.0. The number of carbonyl (C=O) groups is 1. The molecule has 1 aromatic rings. The zero-order valence-electron chi connectivity index (χ0n) is 14.0. The number of nitrogens with zero attached hydrogens (tertiary/aromatic N) is 2. The zero-order valence-corrected chi connectivity index (χ0v) is 14.0. The molecule has 1 aromatic heterocycles. The van der Waals surface area contributed by atoms with E-state index < -0.39 is 0 Å². The molecule has 2 aliphatic rings. The SMILES string of the molecule is Cc1cc(=O)[nH]c(N2CCC(NC(=O)NCC3CCCO3)CC2)n1. The molecule has 8 heteroatoms. The highest BCUT2D eigenvalue weighted by atomic mass is 16.5. The third-order valence-electron chi connectivity index (χ3n) is 4.50. The van der Waals surface area contributed by atoms with Gasteiger partial charge in [-0.1, -0.05) is 0 Å². The van der Waals surface area contributed by atoms with Gasteiger partial charge >= 0.3 is 6.03 Å². The standard InChI is InChI=1S/C16H25N5O3/c1-11-9-14(22)20-15(18-11)21-6-4-12(5-7-21)19-16(23)17-10-13-3-2-8-24-13/h9,12-13H,2-8,10H2,1H3,(H2,17,19,23)(H,18,20,22). The molecule has 1 atom stereocenters. The number of aromatic nitrogens is 2. The molecule has 8 nitrogen and oxygen atoms in total. The molecule has 0 spiro atoms. The fourth-order valence-corrected chi connectivity index (χ4v) is 3.20. The molecule has 0 radical (unpaired) electrons. The van der Waals surface area contributed by atoms with Crippen LogP contribution in [0.5, 0.6) is 0 Å². The minimum absolute atomic E-state index is 0.133. The van der Waals surface area contributed by atoms with E-state index in [0.29, 0.717) is 18.2 Å². The average Bonchev–Trinajstić information content (AvgIpc) is 3.06. The van der Waals surface area contributed by atoms with E-state index in [1.54, 1.807) is 0 Å². The second kappa shape index (κ2) is 7.65. The van der Waals surface area contributed by atoms with Crippen molar-refractivity contribution in [3.8, 4) is 0 Å². The number of anilines is 1. The predicted octanol–water partition coefficient (Wildman–Crippen LogP) is 0.525. The van der Waals surface area contributed by atoms with Gasteiger partial charge in [0.1, 0.15) is 0 Å². The highest BCUT2D eigenvalue weighted by Crippen LogP contribution is 2.15. The molecule has 1 unspecified atom stereocenters. The van der Waals surface area contributed by atoms with E-state index in [9.17, 15) is 9.59 Å². The molecule has 2 saturated heterocycles. The molecule has 3 N–H and O–H groups in total. The Labute approximate surface area is 141 Å². The Bertz CT molecular complexity index is 618. The Morgan fingerprint density at radius 3 is 2.88 bits per heavy atom. The Hall–Kier alpha value is -2.09. The van der Waals surface area contributed by atoms with E-state index in [-0.39, 0.29) is 23.7 Å². The molecular weight excluding hydrogens is 310 g/mol. The first kappa shape index (κ1) is 16.8. The lowest BCUT2D eigenvalue weighted by molar-refractivity contribution is 0.111. The van der Waals surface area contributed by atoms with Crippen LogP contribution in [0.15, 0.2) is 10.9 Å². The first-order chi connectivity index (χ1) is 11.6. The quantitative estimate of drug-likeness (QED) is 0.745. The summed E-state index contributed by atoms with van der Waals surface area (Å²) in [5, 5.41) is 5.89. The molecule has 3 heterocycles. The summed E-state index contributed by atoms with van der Waals surface area (Å²) in [6.45, 7) is 4.68. The van der Waals surface area contributed by atoms with Gasteiger partial charge in [0.05, 0.1) is 6.10 Å². The second-order valence-corrected chi connectivity index (χ2v) is 6.46. The highest BCUT2D eigenvalue weighted by Gasteiger charge is 2.23. The maximum absolute atomic E-state index is 12.0. The lowest BCUT2D eigenvalue weighted by atomic mass is 10.1. The monoisotopic (exact) mass is 335 g/mol. The van der Waals surface area contributed by atoms with Crippen molar-refractivity contribution < 1.29 is 9.53 Å². The number of ether oxygens (including phenoxy) is 1. The van der Waals surface area contributed by atoms with Crippen LogP contribution in [0.25, 0.3) is 0 Å². The summed E-state index contributed by atoms with van der Waals surface area (Å²) in [6, 6.07) is 1.49. The highest BCUT2D eigenvalue weighted by molar-refractivity contribution is 5.74. The topological polar surface area (TPSA) is 99.4 Å². The lowest BCUT2D eigenvalue weighted by Gasteiger charge is -2.32. The number of rotatable bonds is 4. The van der Waals surface area contributed by atoms with Crippen molar-refractivity contribution in [2.75, 3.05) is 31.1 Å². The minimum atomic E-state index is -0.133. The van der Waals surface area contributed by atoms with Gasteiger partial charge < -0.3 is 20.3 Å². The number of piperidine rings is 1. The van der Waals surface area contributed by atoms with Crippen LogP contribution >= 0.6 is 0 Å². The van der Waals surface area contributed by atoms with E-state index in [4.69, 9.17) is 4.74 Å². The van der Waals surface area contributed by atoms with E-state index in [1.165, 1.54) is 6.07 Å². The van der Waals surface area contributed by atoms with Crippen molar-refractivity contribution in [2.24, 2.45) is 0 Å². The maximum Gasteiger partial charge on any atom is 0.315 e. The summed E-state index contributed by atoms with van der Waals surface area (Å²) in [5.41, 5.74) is 0.578. The first-order valence-electron chi connectivity index (χ1n) is 8.59. The molecular formula is C16H25N5O3. The van der Waals surface area contributed by atoms with Gasteiger partial charge in [0.25, 0.3) is 5.56 Å². The van der Waals surface area contributed by atoms with Gasteiger partial charge in [0.15, 0.2) is 0 Å². The van der Waals surface area contributed by atoms with Gasteiger partial charge in [-0.25, -0.2) is 9.78 Å². The Morgan fingerprint density at radius 1 is 1.42 bits per heavy atom. The van der Waals surface area contributed by atoms with Crippen molar-refractivity contribution in [2.45, 2.75) is 44.8 Å². The van der Waals surface area contributed by atoms with Crippen LogP contribution in [0.1, 0.15) is 31.4 Å². The van der Waals surface area contributed by atoms with Crippen molar-refractivity contribution in [3.05, 3.63) is 22.1 Å². The van der Waals surface area contributed by atoms with Gasteiger partial charge in [-0.2, -0.15) is 0 Å². The molecule has 0 aromatic carbocycles. The largest absolute Gasteiger partial charge is 0.376 e. The fraction of sp³-hybridized carbons (Fsp3) is 0.688. The van der Waals surface area contributed by atoms with E-state index in [1.807, 2.05) is 6.92 Å². The van der Waals surface area contributed by atoms with Gasteiger partial charge in [-0.05, 0) is 32.6 Å². The lowest BCUT2D eigenvalue weighted by Crippen LogP contribution is -2.49.